The van der Waals surface area contributed by atoms with E-state index in [9.17, 15) is 4.79 Å². The van der Waals surface area contributed by atoms with E-state index in [4.69, 9.17) is 0 Å². The van der Waals surface area contributed by atoms with Crippen molar-refractivity contribution >= 4 is 5.78 Å². The SMILES string of the molecule is C=C1C=C(Cc2ccccc2)C(=O)C1. The monoisotopic (exact) mass is 184 g/mol. The third kappa shape index (κ3) is 1.82. The minimum Gasteiger partial charge on any atom is -0.294 e. The molecule has 0 amide bonds. The number of rotatable bonds is 2. The molecule has 70 valence electrons. The number of benzene rings is 1. The highest BCUT2D eigenvalue weighted by atomic mass is 16.1. The smallest absolute Gasteiger partial charge is 0.163 e. The Morgan fingerprint density at radius 3 is 2.50 bits per heavy atom. The van der Waals surface area contributed by atoms with Crippen LogP contribution in [0.4, 0.5) is 0 Å². The molecule has 1 aromatic rings. The molecule has 0 spiro atoms. The van der Waals surface area contributed by atoms with Crippen molar-refractivity contribution in [2.75, 3.05) is 0 Å². The van der Waals surface area contributed by atoms with Crippen LogP contribution in [0.5, 0.6) is 0 Å². The second kappa shape index (κ2) is 3.62. The molecular weight excluding hydrogens is 172 g/mol. The summed E-state index contributed by atoms with van der Waals surface area (Å²) >= 11 is 0. The van der Waals surface area contributed by atoms with Gasteiger partial charge in [0.25, 0.3) is 0 Å². The number of allylic oxidation sites excluding steroid dienone is 3. The standard InChI is InChI=1S/C13H12O/c1-10-7-12(13(14)8-10)9-11-5-3-2-4-6-11/h2-7H,1,8-9H2. The quantitative estimate of drug-likeness (QED) is 0.690. The number of hydrogen-bond donors (Lipinski definition) is 0. The molecule has 0 atom stereocenters. The van der Waals surface area contributed by atoms with Gasteiger partial charge in [-0.25, -0.2) is 0 Å². The maximum absolute atomic E-state index is 11.5. The summed E-state index contributed by atoms with van der Waals surface area (Å²) in [5, 5.41) is 0. The summed E-state index contributed by atoms with van der Waals surface area (Å²) in [6.07, 6.45) is 3.15. The van der Waals surface area contributed by atoms with E-state index < -0.39 is 0 Å². The van der Waals surface area contributed by atoms with E-state index in [1.54, 1.807) is 0 Å². The van der Waals surface area contributed by atoms with Crippen molar-refractivity contribution in [3.8, 4) is 0 Å². The maximum atomic E-state index is 11.5. The highest BCUT2D eigenvalue weighted by molar-refractivity contribution is 6.01. The first-order valence-electron chi connectivity index (χ1n) is 4.71. The van der Waals surface area contributed by atoms with Gasteiger partial charge in [0.15, 0.2) is 5.78 Å². The Kier molecular flexibility index (Phi) is 2.32. The van der Waals surface area contributed by atoms with Crippen LogP contribution in [0, 0.1) is 0 Å². The molecule has 1 heteroatoms. The summed E-state index contributed by atoms with van der Waals surface area (Å²) < 4.78 is 0. The molecule has 0 radical (unpaired) electrons. The van der Waals surface area contributed by atoms with Gasteiger partial charge < -0.3 is 0 Å². The summed E-state index contributed by atoms with van der Waals surface area (Å²) in [5.74, 6) is 0.221. The first-order valence-corrected chi connectivity index (χ1v) is 4.71. The molecule has 0 saturated heterocycles. The molecular formula is C13H12O. The van der Waals surface area contributed by atoms with E-state index in [0.717, 1.165) is 17.6 Å². The van der Waals surface area contributed by atoms with E-state index in [1.807, 2.05) is 36.4 Å². The predicted octanol–water partition coefficient (Wildman–Crippen LogP) is 2.68. The van der Waals surface area contributed by atoms with Crippen LogP contribution < -0.4 is 0 Å². The third-order valence-electron chi connectivity index (χ3n) is 2.36. The van der Waals surface area contributed by atoms with Crippen molar-refractivity contribution in [2.45, 2.75) is 12.8 Å². The normalized spacial score (nSPS) is 15.9. The van der Waals surface area contributed by atoms with Gasteiger partial charge in [-0.05, 0) is 11.1 Å². The summed E-state index contributed by atoms with van der Waals surface area (Å²) in [5.41, 5.74) is 3.00. The molecule has 14 heavy (non-hydrogen) atoms. The van der Waals surface area contributed by atoms with Crippen molar-refractivity contribution in [1.82, 2.24) is 0 Å². The summed E-state index contributed by atoms with van der Waals surface area (Å²) in [6, 6.07) is 10.0. The van der Waals surface area contributed by atoms with Gasteiger partial charge in [-0.1, -0.05) is 43.0 Å². The van der Waals surface area contributed by atoms with Crippen molar-refractivity contribution in [1.29, 1.82) is 0 Å². The number of carbonyl (C=O) groups is 1. The second-order valence-corrected chi connectivity index (χ2v) is 3.59. The van der Waals surface area contributed by atoms with Crippen LogP contribution >= 0.6 is 0 Å². The van der Waals surface area contributed by atoms with E-state index in [0.29, 0.717) is 6.42 Å². The van der Waals surface area contributed by atoms with Gasteiger partial charge in [0.05, 0.1) is 0 Å². The average Bonchev–Trinajstić information content (AvgIpc) is 2.47. The summed E-state index contributed by atoms with van der Waals surface area (Å²) in [6.45, 7) is 3.80. The minimum atomic E-state index is 0.221. The lowest BCUT2D eigenvalue weighted by Gasteiger charge is -1.99. The lowest BCUT2D eigenvalue weighted by Crippen LogP contribution is -1.99. The van der Waals surface area contributed by atoms with E-state index >= 15 is 0 Å². The van der Waals surface area contributed by atoms with Crippen molar-refractivity contribution in [2.24, 2.45) is 0 Å². The van der Waals surface area contributed by atoms with Crippen molar-refractivity contribution < 1.29 is 4.79 Å². The van der Waals surface area contributed by atoms with Gasteiger partial charge in [-0.2, -0.15) is 0 Å². The zero-order chi connectivity index (χ0) is 9.97. The van der Waals surface area contributed by atoms with Gasteiger partial charge >= 0.3 is 0 Å². The molecule has 0 aliphatic heterocycles. The van der Waals surface area contributed by atoms with Crippen LogP contribution in [0.15, 0.2) is 54.1 Å². The summed E-state index contributed by atoms with van der Waals surface area (Å²) in [7, 11) is 0. The van der Waals surface area contributed by atoms with Crippen LogP contribution in [0.2, 0.25) is 0 Å². The van der Waals surface area contributed by atoms with E-state index in [-0.39, 0.29) is 5.78 Å². The molecule has 0 saturated carbocycles. The molecule has 1 aliphatic carbocycles. The molecule has 1 nitrogen and oxygen atoms in total. The van der Waals surface area contributed by atoms with Crippen molar-refractivity contribution in [3.63, 3.8) is 0 Å². The number of ketones is 1. The highest BCUT2D eigenvalue weighted by Crippen LogP contribution is 2.21. The fourth-order valence-electron chi connectivity index (χ4n) is 1.66. The van der Waals surface area contributed by atoms with Gasteiger partial charge in [-0.3, -0.25) is 4.79 Å². The fraction of sp³-hybridized carbons (Fsp3) is 0.154. The van der Waals surface area contributed by atoms with Gasteiger partial charge in [0, 0.05) is 18.4 Å². The molecule has 2 rings (SSSR count). The topological polar surface area (TPSA) is 17.1 Å². The molecule has 0 unspecified atom stereocenters. The molecule has 0 bridgehead atoms. The van der Waals surface area contributed by atoms with Crippen molar-refractivity contribution in [3.05, 3.63) is 59.7 Å². The molecule has 1 aromatic carbocycles. The second-order valence-electron chi connectivity index (χ2n) is 3.59. The lowest BCUT2D eigenvalue weighted by molar-refractivity contribution is -0.114. The Labute approximate surface area is 83.8 Å². The lowest BCUT2D eigenvalue weighted by atomic mass is 10.0. The Balaban J connectivity index is 2.16. The molecule has 1 aliphatic rings. The van der Waals surface area contributed by atoms with Crippen LogP contribution in [0.1, 0.15) is 12.0 Å². The predicted molar refractivity (Wildman–Crippen MR) is 57.0 cm³/mol. The molecule has 0 fully saturated rings. The van der Waals surface area contributed by atoms with Gasteiger partial charge in [-0.15, -0.1) is 0 Å². The van der Waals surface area contributed by atoms with E-state index in [2.05, 4.69) is 6.58 Å². The number of Topliss-reactive ketones (excluding diaryl/α,β-unsaturated/α-hetero) is 1. The van der Waals surface area contributed by atoms with E-state index in [1.165, 1.54) is 5.56 Å². The Morgan fingerprint density at radius 2 is 1.93 bits per heavy atom. The average molecular weight is 184 g/mol. The zero-order valence-electron chi connectivity index (χ0n) is 7.99. The Morgan fingerprint density at radius 1 is 1.21 bits per heavy atom. The zero-order valence-corrected chi connectivity index (χ0v) is 7.99. The fourth-order valence-corrected chi connectivity index (χ4v) is 1.66. The Hall–Kier alpha value is -1.63. The largest absolute Gasteiger partial charge is 0.294 e. The first-order chi connectivity index (χ1) is 6.75. The molecule has 0 heterocycles. The third-order valence-corrected chi connectivity index (χ3v) is 2.36. The van der Waals surface area contributed by atoms with Gasteiger partial charge in [0.2, 0.25) is 0 Å². The first kappa shape index (κ1) is 8.95. The summed E-state index contributed by atoms with van der Waals surface area (Å²) in [4.78, 5) is 11.5. The Bertz CT molecular complexity index is 399. The highest BCUT2D eigenvalue weighted by Gasteiger charge is 2.17. The number of hydrogen-bond acceptors (Lipinski definition) is 1. The minimum absolute atomic E-state index is 0.221. The van der Waals surface area contributed by atoms with Gasteiger partial charge in [0.1, 0.15) is 0 Å². The number of carbonyl (C=O) groups excluding carboxylic acids is 1. The van der Waals surface area contributed by atoms with Crippen LogP contribution in [-0.4, -0.2) is 5.78 Å². The molecule has 0 aromatic heterocycles. The molecule has 0 N–H and O–H groups in total. The van der Waals surface area contributed by atoms with Crippen LogP contribution in [0.3, 0.4) is 0 Å². The van der Waals surface area contributed by atoms with Crippen LogP contribution in [0.25, 0.3) is 0 Å². The maximum Gasteiger partial charge on any atom is 0.163 e. The van der Waals surface area contributed by atoms with Crippen LogP contribution in [-0.2, 0) is 11.2 Å².